The predicted octanol–water partition coefficient (Wildman–Crippen LogP) is -2.47. The van der Waals surface area contributed by atoms with Gasteiger partial charge in [0.2, 0.25) is 0 Å². The molecule has 0 spiro atoms. The fraction of sp³-hybridized carbons (Fsp3) is 0.520. The lowest BCUT2D eigenvalue weighted by atomic mass is 9.98. The third kappa shape index (κ3) is 7.58. The van der Waals surface area contributed by atoms with Gasteiger partial charge in [0.05, 0.1) is 19.3 Å². The number of hydrogen-bond acceptors (Lipinski definition) is 12. The van der Waals surface area contributed by atoms with Crippen LogP contribution in [0, 0.1) is 0 Å². The molecule has 1 saturated heterocycles. The third-order valence-electron chi connectivity index (χ3n) is 6.29. The number of aliphatic hydroxyl groups is 8. The van der Waals surface area contributed by atoms with Crippen LogP contribution in [-0.2, 0) is 15.9 Å². The van der Waals surface area contributed by atoms with Crippen LogP contribution in [0.25, 0.3) is 0 Å². The van der Waals surface area contributed by atoms with E-state index >= 15 is 0 Å². The second kappa shape index (κ2) is 13.4. The summed E-state index contributed by atoms with van der Waals surface area (Å²) in [5, 5.41) is 83.1. The Balaban J connectivity index is 1.58. The van der Waals surface area contributed by atoms with E-state index in [1.807, 2.05) is 36.4 Å². The molecule has 0 saturated carbocycles. The molecular weight excluding hydrogens is 488 g/mol. The minimum atomic E-state index is -1.79. The molecule has 0 bridgehead atoms. The molecule has 12 nitrogen and oxygen atoms in total. The zero-order chi connectivity index (χ0) is 27.1. The molecule has 11 N–H and O–H groups in total. The van der Waals surface area contributed by atoms with Crippen LogP contribution in [0.4, 0.5) is 11.4 Å². The molecule has 1 aliphatic rings. The quantitative estimate of drug-likeness (QED) is 0.131. The second-order valence-corrected chi connectivity index (χ2v) is 9.10. The van der Waals surface area contributed by atoms with Gasteiger partial charge in [-0.1, -0.05) is 24.3 Å². The Labute approximate surface area is 214 Å². The molecular formula is C25H36N2O10. The largest absolute Gasteiger partial charge is 0.399 e. The summed E-state index contributed by atoms with van der Waals surface area (Å²) >= 11 is 0. The first-order valence-electron chi connectivity index (χ1n) is 11.9. The van der Waals surface area contributed by atoms with Gasteiger partial charge in [-0.2, -0.15) is 0 Å². The summed E-state index contributed by atoms with van der Waals surface area (Å²) in [5.41, 5.74) is 9.20. The van der Waals surface area contributed by atoms with Gasteiger partial charge < -0.3 is 61.4 Å². The summed E-state index contributed by atoms with van der Waals surface area (Å²) in [6, 6.07) is 15.0. The Morgan fingerprint density at radius 1 is 0.838 bits per heavy atom. The van der Waals surface area contributed by atoms with Gasteiger partial charge in [-0.05, 0) is 41.8 Å². The van der Waals surface area contributed by atoms with Crippen molar-refractivity contribution in [2.75, 3.05) is 30.8 Å². The Hall–Kier alpha value is -2.36. The van der Waals surface area contributed by atoms with Crippen molar-refractivity contribution in [2.24, 2.45) is 0 Å². The average molecular weight is 525 g/mol. The molecule has 37 heavy (non-hydrogen) atoms. The topological polar surface area (TPSA) is 218 Å². The summed E-state index contributed by atoms with van der Waals surface area (Å²) < 4.78 is 10.6. The molecule has 0 amide bonds. The monoisotopic (exact) mass is 524 g/mol. The lowest BCUT2D eigenvalue weighted by molar-refractivity contribution is -0.326. The minimum Gasteiger partial charge on any atom is -0.399 e. The zero-order valence-electron chi connectivity index (χ0n) is 20.1. The van der Waals surface area contributed by atoms with Crippen LogP contribution >= 0.6 is 0 Å². The maximum absolute atomic E-state index is 10.6. The van der Waals surface area contributed by atoms with Crippen molar-refractivity contribution >= 4 is 11.4 Å². The lowest BCUT2D eigenvalue weighted by Crippen LogP contribution is -2.61. The van der Waals surface area contributed by atoms with Crippen molar-refractivity contribution in [3.63, 3.8) is 0 Å². The average Bonchev–Trinajstić information content (AvgIpc) is 2.91. The smallest absolute Gasteiger partial charge is 0.187 e. The van der Waals surface area contributed by atoms with Crippen LogP contribution < -0.4 is 11.1 Å². The molecule has 0 aliphatic carbocycles. The number of nitrogens with two attached hydrogens (primary N) is 1. The van der Waals surface area contributed by atoms with Crippen LogP contribution in [0.5, 0.6) is 0 Å². The summed E-state index contributed by atoms with van der Waals surface area (Å²) in [4.78, 5) is 0. The Bertz CT molecular complexity index is 945. The Morgan fingerprint density at radius 2 is 1.43 bits per heavy atom. The van der Waals surface area contributed by atoms with Crippen LogP contribution in [-0.4, -0.2) is 116 Å². The predicted molar refractivity (Wildman–Crippen MR) is 132 cm³/mol. The van der Waals surface area contributed by atoms with Crippen molar-refractivity contribution in [3.8, 4) is 0 Å². The van der Waals surface area contributed by atoms with Gasteiger partial charge in [-0.25, -0.2) is 0 Å². The third-order valence-corrected chi connectivity index (χ3v) is 6.29. The lowest BCUT2D eigenvalue weighted by Gasteiger charge is -2.42. The van der Waals surface area contributed by atoms with E-state index in [0.717, 1.165) is 11.1 Å². The maximum Gasteiger partial charge on any atom is 0.187 e. The Kier molecular flexibility index (Phi) is 10.6. The van der Waals surface area contributed by atoms with Crippen molar-refractivity contribution in [1.29, 1.82) is 0 Å². The number of nitrogen functional groups attached to an aromatic ring is 1. The van der Waals surface area contributed by atoms with E-state index < -0.39 is 68.3 Å². The first kappa shape index (κ1) is 29.2. The normalized spacial score (nSPS) is 27.3. The molecule has 12 heteroatoms. The molecule has 9 atom stereocenters. The molecule has 0 unspecified atom stereocenters. The van der Waals surface area contributed by atoms with Crippen LogP contribution in [0.3, 0.4) is 0 Å². The fourth-order valence-corrected chi connectivity index (χ4v) is 4.01. The molecule has 0 radical (unpaired) electrons. The molecule has 1 fully saturated rings. The number of rotatable bonds is 12. The van der Waals surface area contributed by atoms with Gasteiger partial charge in [0.15, 0.2) is 6.29 Å². The maximum atomic E-state index is 10.6. The van der Waals surface area contributed by atoms with Gasteiger partial charge in [0.25, 0.3) is 0 Å². The number of benzene rings is 2. The van der Waals surface area contributed by atoms with E-state index in [2.05, 4.69) is 5.32 Å². The molecule has 2 aromatic carbocycles. The second-order valence-electron chi connectivity index (χ2n) is 9.10. The molecule has 0 aromatic heterocycles. The highest BCUT2D eigenvalue weighted by Crippen LogP contribution is 2.25. The van der Waals surface area contributed by atoms with Gasteiger partial charge in [0, 0.05) is 17.9 Å². The number of nitrogens with one attached hydrogen (secondary N) is 1. The molecule has 206 valence electrons. The van der Waals surface area contributed by atoms with E-state index in [4.69, 9.17) is 15.2 Å². The van der Waals surface area contributed by atoms with Gasteiger partial charge in [0.1, 0.15) is 42.7 Å². The van der Waals surface area contributed by atoms with Gasteiger partial charge >= 0.3 is 0 Å². The summed E-state index contributed by atoms with van der Waals surface area (Å²) in [7, 11) is 0. The highest BCUT2D eigenvalue weighted by molar-refractivity contribution is 5.46. The van der Waals surface area contributed by atoms with Crippen LogP contribution in [0.15, 0.2) is 48.5 Å². The number of hydrogen-bond donors (Lipinski definition) is 10. The first-order valence-corrected chi connectivity index (χ1v) is 11.9. The number of ether oxygens (including phenoxy) is 2. The van der Waals surface area contributed by atoms with Crippen LogP contribution in [0.1, 0.15) is 11.1 Å². The van der Waals surface area contributed by atoms with Crippen molar-refractivity contribution in [1.82, 2.24) is 0 Å². The summed E-state index contributed by atoms with van der Waals surface area (Å²) in [6.07, 6.45) is -14.0. The van der Waals surface area contributed by atoms with Crippen molar-refractivity contribution in [3.05, 3.63) is 59.7 Å². The zero-order valence-corrected chi connectivity index (χ0v) is 20.1. The van der Waals surface area contributed by atoms with E-state index in [0.29, 0.717) is 17.8 Å². The van der Waals surface area contributed by atoms with E-state index in [-0.39, 0.29) is 6.54 Å². The number of anilines is 2. The molecule has 3 rings (SSSR count). The van der Waals surface area contributed by atoms with E-state index in [1.54, 1.807) is 12.1 Å². The molecule has 2 aromatic rings. The standard InChI is InChI=1S/C25H36N2O10/c26-15-5-1-13(2-6-15)9-14-3-7-16(8-4-14)27-10-17(30)20(32)24(18(31)11-28)37-25-23(35)22(34)21(33)19(12-29)36-25/h1-8,17-25,27-35H,9-12,26H2/t17-,18+,19+,20+,21+,22-,23+,24+,25+/m0/s1. The Morgan fingerprint density at radius 3 is 2.00 bits per heavy atom. The van der Waals surface area contributed by atoms with E-state index in [1.165, 1.54) is 0 Å². The van der Waals surface area contributed by atoms with Crippen LogP contribution in [0.2, 0.25) is 0 Å². The van der Waals surface area contributed by atoms with Gasteiger partial charge in [-0.3, -0.25) is 0 Å². The fourth-order valence-electron chi connectivity index (χ4n) is 4.01. The highest BCUT2D eigenvalue weighted by Gasteiger charge is 2.46. The molecule has 1 aliphatic heterocycles. The highest BCUT2D eigenvalue weighted by atomic mass is 16.7. The SMILES string of the molecule is Nc1ccc(Cc2ccc(NC[C@H](O)[C@@H](O)[C@H](O[C@H]3O[C@H](CO)[C@@H](O)[C@H](O)[C@H]3O)[C@H](O)CO)cc2)cc1. The summed E-state index contributed by atoms with van der Waals surface area (Å²) in [6.45, 7) is -1.72. The first-order chi connectivity index (χ1) is 17.6. The van der Waals surface area contributed by atoms with Gasteiger partial charge in [-0.15, -0.1) is 0 Å². The minimum absolute atomic E-state index is 0.162. The molecule has 1 heterocycles. The summed E-state index contributed by atoms with van der Waals surface area (Å²) in [5.74, 6) is 0. The van der Waals surface area contributed by atoms with E-state index in [9.17, 15) is 40.9 Å². The number of aliphatic hydroxyl groups excluding tert-OH is 8. The van der Waals surface area contributed by atoms with Crippen molar-refractivity contribution in [2.45, 2.75) is 61.5 Å². The van der Waals surface area contributed by atoms with Crippen molar-refractivity contribution < 1.29 is 50.3 Å².